The third-order valence-electron chi connectivity index (χ3n) is 2.70. The van der Waals surface area contributed by atoms with Gasteiger partial charge in [0.2, 0.25) is 11.1 Å². The fraction of sp³-hybridized carbons (Fsp3) is 0.583. The van der Waals surface area contributed by atoms with Gasteiger partial charge >= 0.3 is 0 Å². The quantitative estimate of drug-likeness (QED) is 0.751. The van der Waals surface area contributed by atoms with E-state index >= 15 is 0 Å². The summed E-state index contributed by atoms with van der Waals surface area (Å²) in [5.41, 5.74) is 0.949. The summed E-state index contributed by atoms with van der Waals surface area (Å²) in [7, 11) is 3.50. The number of hydrogen-bond donors (Lipinski definition) is 0. The first-order chi connectivity index (χ1) is 9.97. The lowest BCUT2D eigenvalue weighted by atomic mass is 10.4. The number of aromatic nitrogens is 5. The van der Waals surface area contributed by atoms with Gasteiger partial charge in [-0.25, -0.2) is 9.67 Å². The summed E-state index contributed by atoms with van der Waals surface area (Å²) in [4.78, 5) is 17.7. The fourth-order valence-corrected chi connectivity index (χ4v) is 3.32. The molecular weight excluding hydrogens is 308 g/mol. The van der Waals surface area contributed by atoms with Crippen molar-refractivity contribution in [2.24, 2.45) is 0 Å². The maximum absolute atomic E-state index is 11.6. The Hall–Kier alpha value is -1.48. The second kappa shape index (κ2) is 6.99. The predicted octanol–water partition coefficient (Wildman–Crippen LogP) is 1.63. The van der Waals surface area contributed by atoms with Crippen molar-refractivity contribution >= 4 is 29.0 Å². The number of likely N-dealkylation sites (N-methyl/N-ethyl adjacent to an activating group) is 1. The molecule has 0 N–H and O–H groups in total. The molecule has 21 heavy (non-hydrogen) atoms. The van der Waals surface area contributed by atoms with Gasteiger partial charge in [0.1, 0.15) is 5.01 Å². The van der Waals surface area contributed by atoms with Crippen molar-refractivity contribution in [1.29, 1.82) is 0 Å². The van der Waals surface area contributed by atoms with Gasteiger partial charge in [0.15, 0.2) is 0 Å². The third-order valence-corrected chi connectivity index (χ3v) is 4.57. The second-order valence-corrected chi connectivity index (χ2v) is 6.87. The van der Waals surface area contributed by atoms with Crippen LogP contribution in [0.25, 0.3) is 0 Å². The summed E-state index contributed by atoms with van der Waals surface area (Å²) in [6, 6.07) is 0.228. The molecule has 0 radical (unpaired) electrons. The van der Waals surface area contributed by atoms with E-state index < -0.39 is 0 Å². The molecule has 0 unspecified atom stereocenters. The molecule has 9 heteroatoms. The SMILES string of the molecule is CC(C)n1nnnc1SCc1csc(CC(=O)N(C)C)n1. The Morgan fingerprint density at radius 1 is 1.48 bits per heavy atom. The smallest absolute Gasteiger partial charge is 0.228 e. The van der Waals surface area contributed by atoms with Crippen molar-refractivity contribution in [2.75, 3.05) is 14.1 Å². The van der Waals surface area contributed by atoms with Crippen LogP contribution in [0.3, 0.4) is 0 Å². The highest BCUT2D eigenvalue weighted by Gasteiger charge is 2.12. The highest BCUT2D eigenvalue weighted by molar-refractivity contribution is 7.98. The van der Waals surface area contributed by atoms with Gasteiger partial charge in [-0.2, -0.15) is 0 Å². The molecule has 1 amide bonds. The molecule has 2 aromatic rings. The lowest BCUT2D eigenvalue weighted by Crippen LogP contribution is -2.23. The minimum Gasteiger partial charge on any atom is -0.348 e. The lowest BCUT2D eigenvalue weighted by Gasteiger charge is -2.07. The van der Waals surface area contributed by atoms with Gasteiger partial charge in [-0.1, -0.05) is 11.8 Å². The zero-order valence-electron chi connectivity index (χ0n) is 12.5. The standard InChI is InChI=1S/C12H18N6OS2/c1-8(2)18-12(14-15-16-18)21-7-9-6-20-10(13-9)5-11(19)17(3)4/h6,8H,5,7H2,1-4H3. The summed E-state index contributed by atoms with van der Waals surface area (Å²) in [6.45, 7) is 4.07. The number of thioether (sulfide) groups is 1. The molecule has 0 aliphatic rings. The van der Waals surface area contributed by atoms with Crippen molar-refractivity contribution in [1.82, 2.24) is 30.1 Å². The zero-order chi connectivity index (χ0) is 15.4. The molecule has 0 atom stereocenters. The number of nitrogens with zero attached hydrogens (tertiary/aromatic N) is 6. The number of hydrogen-bond acceptors (Lipinski definition) is 7. The molecule has 2 heterocycles. The van der Waals surface area contributed by atoms with Gasteiger partial charge in [0.25, 0.3) is 0 Å². The molecule has 0 saturated carbocycles. The van der Waals surface area contributed by atoms with E-state index in [1.165, 1.54) is 11.3 Å². The minimum atomic E-state index is 0.0623. The van der Waals surface area contributed by atoms with E-state index in [0.29, 0.717) is 12.2 Å². The normalized spacial score (nSPS) is 11.1. The molecule has 7 nitrogen and oxygen atoms in total. The Morgan fingerprint density at radius 2 is 2.24 bits per heavy atom. The van der Waals surface area contributed by atoms with Crippen LogP contribution >= 0.6 is 23.1 Å². The summed E-state index contributed by atoms with van der Waals surface area (Å²) in [5, 5.41) is 15.3. The van der Waals surface area contributed by atoms with E-state index in [9.17, 15) is 4.79 Å². The molecule has 0 aliphatic heterocycles. The molecule has 2 rings (SSSR count). The van der Waals surface area contributed by atoms with E-state index in [4.69, 9.17) is 0 Å². The van der Waals surface area contributed by atoms with Crippen LogP contribution in [-0.2, 0) is 17.0 Å². The van der Waals surface area contributed by atoms with E-state index in [2.05, 4.69) is 20.5 Å². The Balaban J connectivity index is 1.94. The van der Waals surface area contributed by atoms with E-state index in [-0.39, 0.29) is 11.9 Å². The molecule has 0 bridgehead atoms. The number of rotatable bonds is 6. The first-order valence-electron chi connectivity index (χ1n) is 6.51. The van der Waals surface area contributed by atoms with Gasteiger partial charge in [-0.05, 0) is 24.3 Å². The van der Waals surface area contributed by atoms with Crippen LogP contribution in [0, 0.1) is 0 Å². The van der Waals surface area contributed by atoms with Gasteiger partial charge < -0.3 is 4.90 Å². The maximum Gasteiger partial charge on any atom is 0.228 e. The predicted molar refractivity (Wildman–Crippen MR) is 82.3 cm³/mol. The average Bonchev–Trinajstić information content (AvgIpc) is 3.04. The molecule has 0 aromatic carbocycles. The number of amides is 1. The second-order valence-electron chi connectivity index (χ2n) is 4.99. The zero-order valence-corrected chi connectivity index (χ0v) is 14.1. The highest BCUT2D eigenvalue weighted by Crippen LogP contribution is 2.23. The number of thiazole rings is 1. The van der Waals surface area contributed by atoms with E-state index in [1.54, 1.807) is 35.4 Å². The molecule has 0 fully saturated rings. The van der Waals surface area contributed by atoms with Gasteiger partial charge in [0.05, 0.1) is 18.2 Å². The van der Waals surface area contributed by atoms with Crippen LogP contribution in [-0.4, -0.2) is 50.1 Å². The van der Waals surface area contributed by atoms with Crippen LogP contribution in [0.4, 0.5) is 0 Å². The molecule has 2 aromatic heterocycles. The maximum atomic E-state index is 11.6. The largest absolute Gasteiger partial charge is 0.348 e. The molecule has 114 valence electrons. The number of tetrazole rings is 1. The van der Waals surface area contributed by atoms with Gasteiger partial charge in [0, 0.05) is 25.2 Å². The lowest BCUT2D eigenvalue weighted by molar-refractivity contribution is -0.127. The van der Waals surface area contributed by atoms with Crippen LogP contribution in [0.1, 0.15) is 30.6 Å². The number of carbonyl (C=O) groups excluding carboxylic acids is 1. The minimum absolute atomic E-state index is 0.0623. The molecule has 0 spiro atoms. The van der Waals surface area contributed by atoms with Gasteiger partial charge in [-0.15, -0.1) is 16.4 Å². The van der Waals surface area contributed by atoms with E-state index in [1.807, 2.05) is 19.2 Å². The van der Waals surface area contributed by atoms with E-state index in [0.717, 1.165) is 15.9 Å². The topological polar surface area (TPSA) is 76.8 Å². The average molecular weight is 326 g/mol. The molecule has 0 saturated heterocycles. The monoisotopic (exact) mass is 326 g/mol. The Morgan fingerprint density at radius 3 is 2.90 bits per heavy atom. The summed E-state index contributed by atoms with van der Waals surface area (Å²) in [5.74, 6) is 0.757. The number of carbonyl (C=O) groups is 1. The van der Waals surface area contributed by atoms with Crippen molar-refractivity contribution in [2.45, 2.75) is 37.2 Å². The van der Waals surface area contributed by atoms with Crippen LogP contribution in [0.15, 0.2) is 10.5 Å². The Labute approximate surface area is 131 Å². The first-order valence-corrected chi connectivity index (χ1v) is 8.38. The Kier molecular flexibility index (Phi) is 5.29. The van der Waals surface area contributed by atoms with Gasteiger partial charge in [-0.3, -0.25) is 4.79 Å². The van der Waals surface area contributed by atoms with Crippen LogP contribution in [0.5, 0.6) is 0 Å². The summed E-state index contributed by atoms with van der Waals surface area (Å²) >= 11 is 3.06. The van der Waals surface area contributed by atoms with Crippen molar-refractivity contribution in [3.8, 4) is 0 Å². The summed E-state index contributed by atoms with van der Waals surface area (Å²) < 4.78 is 1.79. The molecule has 0 aliphatic carbocycles. The highest BCUT2D eigenvalue weighted by atomic mass is 32.2. The fourth-order valence-electron chi connectivity index (χ4n) is 1.53. The van der Waals surface area contributed by atoms with Crippen LogP contribution < -0.4 is 0 Å². The Bertz CT molecular complexity index is 606. The van der Waals surface area contributed by atoms with Crippen molar-refractivity contribution in [3.63, 3.8) is 0 Å². The van der Waals surface area contributed by atoms with Crippen LogP contribution in [0.2, 0.25) is 0 Å². The third kappa shape index (κ3) is 4.24. The molecular formula is C12H18N6OS2. The first kappa shape index (κ1) is 15.9. The van der Waals surface area contributed by atoms with Crippen molar-refractivity contribution in [3.05, 3.63) is 16.1 Å². The van der Waals surface area contributed by atoms with Crippen molar-refractivity contribution < 1.29 is 4.79 Å². The summed E-state index contributed by atoms with van der Waals surface area (Å²) in [6.07, 6.45) is 0.353.